The Morgan fingerprint density at radius 1 is 1.33 bits per heavy atom. The van der Waals surface area contributed by atoms with Crippen molar-refractivity contribution in [2.75, 3.05) is 6.54 Å². The lowest BCUT2D eigenvalue weighted by molar-refractivity contribution is -0.123. The first-order chi connectivity index (χ1) is 12.9. The summed E-state index contributed by atoms with van der Waals surface area (Å²) in [6.07, 6.45) is 0.0839. The molecule has 1 fully saturated rings. The molecule has 1 aliphatic heterocycles. The molecule has 2 heterocycles. The zero-order chi connectivity index (χ0) is 19.4. The monoisotopic (exact) mass is 383 g/mol. The van der Waals surface area contributed by atoms with E-state index in [0.29, 0.717) is 11.3 Å². The number of nitrogens with one attached hydrogen (secondary N) is 2. The minimum Gasteiger partial charge on any atom is -0.435 e. The molecule has 2 atom stereocenters. The average molecular weight is 383 g/mol. The Hall–Kier alpha value is -2.68. The summed E-state index contributed by atoms with van der Waals surface area (Å²) in [4.78, 5) is 15.9. The number of aromatic nitrogens is 1. The van der Waals surface area contributed by atoms with Crippen LogP contribution >= 0.6 is 0 Å². The summed E-state index contributed by atoms with van der Waals surface area (Å²) in [6, 6.07) is 6.37. The largest absolute Gasteiger partial charge is 0.435 e. The number of alkyl halides is 3. The second-order valence-electron chi connectivity index (χ2n) is 6.07. The van der Waals surface area contributed by atoms with Crippen LogP contribution in [0.25, 0.3) is 11.1 Å². The van der Waals surface area contributed by atoms with E-state index >= 15 is 0 Å². The maximum atomic E-state index is 14.1. The Kier molecular flexibility index (Phi) is 5.90. The summed E-state index contributed by atoms with van der Waals surface area (Å²) < 4.78 is 55.9. The quantitative estimate of drug-likeness (QED) is 0.753. The van der Waals surface area contributed by atoms with Gasteiger partial charge in [-0.2, -0.15) is 8.78 Å². The van der Waals surface area contributed by atoms with Crippen LogP contribution in [0.5, 0.6) is 5.75 Å². The summed E-state index contributed by atoms with van der Waals surface area (Å²) >= 11 is 0. The molecule has 0 radical (unpaired) electrons. The third-order valence-corrected chi connectivity index (χ3v) is 4.14. The lowest BCUT2D eigenvalue weighted by Gasteiger charge is -2.12. The highest BCUT2D eigenvalue weighted by molar-refractivity contribution is 5.82. The van der Waals surface area contributed by atoms with Crippen molar-refractivity contribution in [3.05, 3.63) is 48.0 Å². The van der Waals surface area contributed by atoms with E-state index in [1.807, 2.05) is 0 Å². The Balaban J connectivity index is 1.68. The summed E-state index contributed by atoms with van der Waals surface area (Å²) in [5.41, 5.74) is 1.06. The van der Waals surface area contributed by atoms with Gasteiger partial charge in [0.2, 0.25) is 5.91 Å². The highest BCUT2D eigenvalue weighted by atomic mass is 19.3. The van der Waals surface area contributed by atoms with E-state index in [4.69, 9.17) is 0 Å². The number of carbonyl (C=O) groups excluding carboxylic acids is 1. The number of hydrogen-bond acceptors (Lipinski definition) is 4. The molecule has 0 saturated carbocycles. The van der Waals surface area contributed by atoms with E-state index in [1.54, 1.807) is 0 Å². The molecule has 5 nitrogen and oxygen atoms in total. The van der Waals surface area contributed by atoms with Gasteiger partial charge in [0.15, 0.2) is 0 Å². The third-order valence-electron chi connectivity index (χ3n) is 4.14. The molecule has 27 heavy (non-hydrogen) atoms. The van der Waals surface area contributed by atoms with E-state index in [-0.39, 0.29) is 36.7 Å². The summed E-state index contributed by atoms with van der Waals surface area (Å²) in [7, 11) is 0. The predicted octanol–water partition coefficient (Wildman–Crippen LogP) is 2.81. The van der Waals surface area contributed by atoms with Crippen LogP contribution in [0.4, 0.5) is 17.6 Å². The van der Waals surface area contributed by atoms with Gasteiger partial charge in [0.25, 0.3) is 0 Å². The number of nitrogens with zero attached hydrogens (tertiary/aromatic N) is 1. The first-order valence-electron chi connectivity index (χ1n) is 8.27. The van der Waals surface area contributed by atoms with Crippen LogP contribution in [0, 0.1) is 5.82 Å². The molecular formula is C18H17F4N3O2. The highest BCUT2D eigenvalue weighted by Gasteiger charge is 2.28. The minimum atomic E-state index is -2.94. The second kappa shape index (κ2) is 8.34. The van der Waals surface area contributed by atoms with Gasteiger partial charge in [0.05, 0.1) is 24.5 Å². The van der Waals surface area contributed by atoms with E-state index in [0.717, 1.165) is 6.20 Å². The van der Waals surface area contributed by atoms with Crippen molar-refractivity contribution in [2.45, 2.75) is 31.8 Å². The Morgan fingerprint density at radius 2 is 2.07 bits per heavy atom. The SMILES string of the molecule is O=C(NCc1cc(-c2ccc(OC(F)F)cc2)c(F)cn1)[C@@H]1C[C@@H](F)CN1. The number of pyridine rings is 1. The molecule has 0 bridgehead atoms. The van der Waals surface area contributed by atoms with E-state index in [9.17, 15) is 22.4 Å². The number of ether oxygens (including phenoxy) is 1. The van der Waals surface area contributed by atoms with Crippen LogP contribution in [0.2, 0.25) is 0 Å². The number of rotatable bonds is 6. The zero-order valence-electron chi connectivity index (χ0n) is 14.1. The second-order valence-corrected chi connectivity index (χ2v) is 6.07. The first kappa shape index (κ1) is 19.1. The number of halogens is 4. The predicted molar refractivity (Wildman–Crippen MR) is 89.4 cm³/mol. The van der Waals surface area contributed by atoms with Gasteiger partial charge < -0.3 is 15.4 Å². The Bertz CT molecular complexity index is 802. The van der Waals surface area contributed by atoms with Crippen LogP contribution in [-0.2, 0) is 11.3 Å². The van der Waals surface area contributed by atoms with Gasteiger partial charge in [0.1, 0.15) is 17.7 Å². The Labute approximate surface area is 152 Å². The van der Waals surface area contributed by atoms with Gasteiger partial charge in [-0.05, 0) is 23.8 Å². The van der Waals surface area contributed by atoms with Crippen LogP contribution < -0.4 is 15.4 Å². The topological polar surface area (TPSA) is 63.2 Å². The summed E-state index contributed by atoms with van der Waals surface area (Å²) in [6.45, 7) is -2.75. The van der Waals surface area contributed by atoms with E-state index < -0.39 is 24.6 Å². The van der Waals surface area contributed by atoms with Gasteiger partial charge in [0, 0.05) is 18.5 Å². The zero-order valence-corrected chi connectivity index (χ0v) is 14.1. The fourth-order valence-electron chi connectivity index (χ4n) is 2.81. The summed E-state index contributed by atoms with van der Waals surface area (Å²) in [5, 5.41) is 5.41. The van der Waals surface area contributed by atoms with Gasteiger partial charge >= 0.3 is 6.61 Å². The lowest BCUT2D eigenvalue weighted by atomic mass is 10.1. The smallest absolute Gasteiger partial charge is 0.387 e. The average Bonchev–Trinajstić information content (AvgIpc) is 3.07. The van der Waals surface area contributed by atoms with Crippen molar-refractivity contribution in [1.29, 1.82) is 0 Å². The van der Waals surface area contributed by atoms with Gasteiger partial charge in [-0.3, -0.25) is 9.78 Å². The third kappa shape index (κ3) is 4.94. The molecule has 1 aromatic heterocycles. The van der Waals surface area contributed by atoms with E-state index in [2.05, 4.69) is 20.4 Å². The molecule has 2 N–H and O–H groups in total. The molecule has 1 saturated heterocycles. The maximum Gasteiger partial charge on any atom is 0.387 e. The molecule has 1 amide bonds. The molecule has 0 unspecified atom stereocenters. The summed E-state index contributed by atoms with van der Waals surface area (Å²) in [5.74, 6) is -0.979. The van der Waals surface area contributed by atoms with Gasteiger partial charge in [-0.15, -0.1) is 0 Å². The molecule has 0 aliphatic carbocycles. The maximum absolute atomic E-state index is 14.1. The fraction of sp³-hybridized carbons (Fsp3) is 0.333. The van der Waals surface area contributed by atoms with Crippen molar-refractivity contribution < 1.29 is 27.1 Å². The lowest BCUT2D eigenvalue weighted by Crippen LogP contribution is -2.40. The van der Waals surface area contributed by atoms with Crippen LogP contribution in [0.3, 0.4) is 0 Å². The van der Waals surface area contributed by atoms with Crippen molar-refractivity contribution in [1.82, 2.24) is 15.6 Å². The first-order valence-corrected chi connectivity index (χ1v) is 8.27. The van der Waals surface area contributed by atoms with Crippen molar-refractivity contribution >= 4 is 5.91 Å². The van der Waals surface area contributed by atoms with E-state index in [1.165, 1.54) is 30.3 Å². The standard InChI is InChI=1S/C18H17F4N3O2/c19-11-5-16(24-7-11)17(26)25-8-12-6-14(15(20)9-23-12)10-1-3-13(4-2-10)27-18(21)22/h1-4,6,9,11,16,18,24H,5,7-8H2,(H,25,26)/t11-,16+/m1/s1. The van der Waals surface area contributed by atoms with Crippen LogP contribution in [0.15, 0.2) is 36.5 Å². The molecule has 1 aliphatic rings. The normalized spacial score (nSPS) is 19.3. The fourth-order valence-corrected chi connectivity index (χ4v) is 2.81. The Morgan fingerprint density at radius 3 is 2.70 bits per heavy atom. The van der Waals surface area contributed by atoms with Gasteiger partial charge in [-0.25, -0.2) is 8.78 Å². The van der Waals surface area contributed by atoms with Gasteiger partial charge in [-0.1, -0.05) is 12.1 Å². The molecule has 1 aromatic carbocycles. The van der Waals surface area contributed by atoms with Crippen molar-refractivity contribution in [2.24, 2.45) is 0 Å². The minimum absolute atomic E-state index is 0.0362. The number of benzene rings is 1. The number of hydrogen-bond donors (Lipinski definition) is 2. The number of carbonyl (C=O) groups is 1. The molecule has 144 valence electrons. The van der Waals surface area contributed by atoms with Crippen molar-refractivity contribution in [3.8, 4) is 16.9 Å². The molecule has 3 rings (SSSR count). The van der Waals surface area contributed by atoms with Crippen molar-refractivity contribution in [3.63, 3.8) is 0 Å². The molecule has 2 aromatic rings. The van der Waals surface area contributed by atoms with Crippen LogP contribution in [0.1, 0.15) is 12.1 Å². The van der Waals surface area contributed by atoms with Crippen LogP contribution in [-0.4, -0.2) is 36.3 Å². The highest BCUT2D eigenvalue weighted by Crippen LogP contribution is 2.26. The molecule has 9 heteroatoms. The molecule has 0 spiro atoms. The number of amides is 1. The molecular weight excluding hydrogens is 366 g/mol.